The fourth-order valence-corrected chi connectivity index (χ4v) is 5.42. The third-order valence-corrected chi connectivity index (χ3v) is 7.73. The fourth-order valence-electron chi connectivity index (χ4n) is 3.43. The molecule has 0 spiro atoms. The molecule has 212 valence electrons. The maximum atomic E-state index is 13.4. The van der Waals surface area contributed by atoms with Gasteiger partial charge >= 0.3 is 6.18 Å². The number of benzene rings is 3. The highest BCUT2D eigenvalue weighted by Gasteiger charge is 2.33. The van der Waals surface area contributed by atoms with Crippen LogP contribution in [0.5, 0.6) is 11.5 Å². The van der Waals surface area contributed by atoms with E-state index >= 15 is 0 Å². The van der Waals surface area contributed by atoms with Gasteiger partial charge in [0.25, 0.3) is 15.9 Å². The van der Waals surface area contributed by atoms with E-state index in [-0.39, 0.29) is 17.2 Å². The number of carbonyl (C=O) groups is 1. The van der Waals surface area contributed by atoms with Crippen LogP contribution in [0, 0.1) is 6.92 Å². The highest BCUT2D eigenvalue weighted by molar-refractivity contribution is 9.10. The van der Waals surface area contributed by atoms with Crippen molar-refractivity contribution in [2.75, 3.05) is 24.6 Å². The molecular weight excluding hydrogens is 615 g/mol. The summed E-state index contributed by atoms with van der Waals surface area (Å²) < 4.78 is 79.0. The molecule has 0 heterocycles. The molecule has 0 fully saturated rings. The maximum absolute atomic E-state index is 13.4. The van der Waals surface area contributed by atoms with Crippen molar-refractivity contribution in [3.8, 4) is 11.5 Å². The second-order valence-electron chi connectivity index (χ2n) is 8.30. The zero-order valence-corrected chi connectivity index (χ0v) is 23.8. The molecule has 0 aliphatic rings. The molecule has 0 aliphatic carbocycles. The second kappa shape index (κ2) is 13.0. The molecule has 0 radical (unpaired) electrons. The molecule has 3 aromatic carbocycles. The minimum atomic E-state index is -4.72. The summed E-state index contributed by atoms with van der Waals surface area (Å²) in [5, 5.41) is 3.86. The van der Waals surface area contributed by atoms with E-state index in [2.05, 4.69) is 33.0 Å². The summed E-state index contributed by atoms with van der Waals surface area (Å²) in [4.78, 5) is 12.6. The zero-order chi connectivity index (χ0) is 29.5. The molecule has 0 aromatic heterocycles. The maximum Gasteiger partial charge on any atom is 0.416 e. The summed E-state index contributed by atoms with van der Waals surface area (Å²) in [5.41, 5.74) is 2.09. The Bertz CT molecular complexity index is 1510. The summed E-state index contributed by atoms with van der Waals surface area (Å²) in [6.07, 6.45) is -1.87. The standard InChI is InChI=1S/C27H25BrF3N3O5S/c1-4-12-39-26-23(28)13-19(14-24(26)38-3)16-32-33-25(35)17-34(21-7-5-6-20(15-21)27(29,30)31)40(36,37)22-10-8-18(2)9-11-22/h4-11,13-16H,1,12,17H2,2-3H3,(H,33,35)/b32-16-. The Hall–Kier alpha value is -3.84. The van der Waals surface area contributed by atoms with Gasteiger partial charge in [-0.3, -0.25) is 9.10 Å². The number of anilines is 1. The number of hydrazone groups is 1. The molecule has 40 heavy (non-hydrogen) atoms. The third kappa shape index (κ3) is 7.63. The zero-order valence-electron chi connectivity index (χ0n) is 21.4. The Morgan fingerprint density at radius 3 is 2.48 bits per heavy atom. The molecule has 0 unspecified atom stereocenters. The number of rotatable bonds is 11. The average Bonchev–Trinajstić information content (AvgIpc) is 2.90. The Kier molecular flexibility index (Phi) is 9.98. The van der Waals surface area contributed by atoms with Crippen molar-refractivity contribution in [3.63, 3.8) is 0 Å². The van der Waals surface area contributed by atoms with Crippen LogP contribution in [0.4, 0.5) is 18.9 Å². The van der Waals surface area contributed by atoms with Crippen molar-refractivity contribution in [2.24, 2.45) is 5.10 Å². The van der Waals surface area contributed by atoms with Crippen LogP contribution >= 0.6 is 15.9 Å². The van der Waals surface area contributed by atoms with Gasteiger partial charge in [0.2, 0.25) is 0 Å². The van der Waals surface area contributed by atoms with E-state index in [1.165, 1.54) is 31.5 Å². The molecule has 3 rings (SSSR count). The van der Waals surface area contributed by atoms with Crippen LogP contribution in [0.1, 0.15) is 16.7 Å². The number of hydrogen-bond acceptors (Lipinski definition) is 6. The smallest absolute Gasteiger partial charge is 0.416 e. The number of sulfonamides is 1. The van der Waals surface area contributed by atoms with E-state index < -0.39 is 34.2 Å². The molecule has 0 saturated carbocycles. The largest absolute Gasteiger partial charge is 0.493 e. The monoisotopic (exact) mass is 639 g/mol. The summed E-state index contributed by atoms with van der Waals surface area (Å²) in [6, 6.07) is 12.7. The minimum Gasteiger partial charge on any atom is -0.493 e. The van der Waals surface area contributed by atoms with E-state index in [0.717, 1.165) is 17.7 Å². The van der Waals surface area contributed by atoms with Gasteiger partial charge in [-0.1, -0.05) is 36.4 Å². The molecule has 13 heteroatoms. The van der Waals surface area contributed by atoms with Gasteiger partial charge in [-0.25, -0.2) is 13.8 Å². The summed E-state index contributed by atoms with van der Waals surface area (Å²) in [5.74, 6) is -0.0770. The van der Waals surface area contributed by atoms with Crippen molar-refractivity contribution in [2.45, 2.75) is 18.0 Å². The van der Waals surface area contributed by atoms with Crippen LogP contribution in [0.25, 0.3) is 0 Å². The van der Waals surface area contributed by atoms with Gasteiger partial charge < -0.3 is 9.47 Å². The number of ether oxygens (including phenoxy) is 2. The van der Waals surface area contributed by atoms with Gasteiger partial charge in [-0.2, -0.15) is 18.3 Å². The molecule has 0 aliphatic heterocycles. The summed E-state index contributed by atoms with van der Waals surface area (Å²) >= 11 is 3.37. The van der Waals surface area contributed by atoms with Gasteiger partial charge in [0.1, 0.15) is 13.2 Å². The van der Waals surface area contributed by atoms with Gasteiger partial charge in [0.15, 0.2) is 11.5 Å². The van der Waals surface area contributed by atoms with Crippen LogP contribution < -0.4 is 19.2 Å². The van der Waals surface area contributed by atoms with Gasteiger partial charge in [-0.15, -0.1) is 0 Å². The second-order valence-corrected chi connectivity index (χ2v) is 11.0. The minimum absolute atomic E-state index is 0.192. The lowest BCUT2D eigenvalue weighted by molar-refractivity contribution is -0.137. The Labute approximate surface area is 238 Å². The van der Waals surface area contributed by atoms with Gasteiger partial charge in [-0.05, 0) is 70.9 Å². The lowest BCUT2D eigenvalue weighted by Crippen LogP contribution is -2.39. The number of carbonyl (C=O) groups excluding carboxylic acids is 1. The first kappa shape index (κ1) is 30.7. The van der Waals surface area contributed by atoms with Gasteiger partial charge in [0, 0.05) is 0 Å². The first-order chi connectivity index (χ1) is 18.9. The van der Waals surface area contributed by atoms with Crippen molar-refractivity contribution in [3.05, 3.63) is 94.5 Å². The third-order valence-electron chi connectivity index (χ3n) is 5.36. The summed E-state index contributed by atoms with van der Waals surface area (Å²) in [7, 11) is -2.98. The van der Waals surface area contributed by atoms with Crippen LogP contribution in [0.2, 0.25) is 0 Å². The van der Waals surface area contributed by atoms with Crippen molar-refractivity contribution < 1.29 is 35.9 Å². The number of alkyl halides is 3. The molecule has 0 atom stereocenters. The quantitative estimate of drug-likeness (QED) is 0.165. The van der Waals surface area contributed by atoms with E-state index in [9.17, 15) is 26.4 Å². The van der Waals surface area contributed by atoms with Crippen LogP contribution in [0.15, 0.2) is 87.8 Å². The molecule has 3 aromatic rings. The SMILES string of the molecule is C=CCOc1c(Br)cc(/C=N\NC(=O)CN(c2cccc(C(F)(F)F)c2)S(=O)(=O)c2ccc(C)cc2)cc1OC. The van der Waals surface area contributed by atoms with Crippen LogP contribution in [-0.2, 0) is 21.0 Å². The van der Waals surface area contributed by atoms with Crippen LogP contribution in [-0.4, -0.2) is 40.8 Å². The fraction of sp³-hybridized carbons (Fsp3) is 0.185. The number of nitrogens with zero attached hydrogens (tertiary/aromatic N) is 2. The predicted molar refractivity (Wildman–Crippen MR) is 149 cm³/mol. The van der Waals surface area contributed by atoms with E-state index in [0.29, 0.717) is 31.9 Å². The number of methoxy groups -OCH3 is 1. The lowest BCUT2D eigenvalue weighted by atomic mass is 10.2. The van der Waals surface area contributed by atoms with Crippen molar-refractivity contribution >= 4 is 43.8 Å². The highest BCUT2D eigenvalue weighted by atomic mass is 79.9. The first-order valence-corrected chi connectivity index (χ1v) is 13.8. The van der Waals surface area contributed by atoms with E-state index in [4.69, 9.17) is 9.47 Å². The van der Waals surface area contributed by atoms with E-state index in [1.807, 2.05) is 0 Å². The topological polar surface area (TPSA) is 97.3 Å². The summed E-state index contributed by atoms with van der Waals surface area (Å²) in [6.45, 7) is 4.75. The average molecular weight is 640 g/mol. The molecule has 1 N–H and O–H groups in total. The van der Waals surface area contributed by atoms with E-state index in [1.54, 1.807) is 37.3 Å². The number of halogens is 4. The highest BCUT2D eigenvalue weighted by Crippen LogP contribution is 2.36. The molecule has 0 bridgehead atoms. The molecule has 0 saturated heterocycles. The van der Waals surface area contributed by atoms with Crippen molar-refractivity contribution in [1.82, 2.24) is 5.43 Å². The van der Waals surface area contributed by atoms with Crippen molar-refractivity contribution in [1.29, 1.82) is 0 Å². The Morgan fingerprint density at radius 2 is 1.85 bits per heavy atom. The molecular formula is C27H25BrF3N3O5S. The number of nitrogens with one attached hydrogen (secondary N) is 1. The Morgan fingerprint density at radius 1 is 1.15 bits per heavy atom. The first-order valence-electron chi connectivity index (χ1n) is 11.6. The number of aryl methyl sites for hydroxylation is 1. The predicted octanol–water partition coefficient (Wildman–Crippen LogP) is 5.70. The molecule has 8 nitrogen and oxygen atoms in total. The van der Waals surface area contributed by atoms with Crippen LogP contribution in [0.3, 0.4) is 0 Å². The lowest BCUT2D eigenvalue weighted by Gasteiger charge is -2.24. The Balaban J connectivity index is 1.88. The number of amides is 1. The molecule has 1 amide bonds. The normalized spacial score (nSPS) is 11.8. The number of hydrogen-bond donors (Lipinski definition) is 1. The van der Waals surface area contributed by atoms with Gasteiger partial charge in [0.05, 0.1) is 33.9 Å².